The average Bonchev–Trinajstić information content (AvgIpc) is 2.44. The number of nitrogens with zero attached hydrogens (tertiary/aromatic N) is 1. The molecule has 1 N–H and O–H groups in total. The van der Waals surface area contributed by atoms with Gasteiger partial charge in [-0.1, -0.05) is 40.0 Å². The third-order valence-corrected chi connectivity index (χ3v) is 5.88. The lowest BCUT2D eigenvalue weighted by molar-refractivity contribution is -0.00279. The summed E-state index contributed by atoms with van der Waals surface area (Å²) in [6.45, 7) is 13.3. The lowest BCUT2D eigenvalue weighted by Crippen LogP contribution is -2.69. The van der Waals surface area contributed by atoms with Crippen LogP contribution in [-0.4, -0.2) is 35.6 Å². The minimum absolute atomic E-state index is 0.375. The third kappa shape index (κ3) is 3.76. The molecule has 1 atom stereocenters. The van der Waals surface area contributed by atoms with Crippen LogP contribution in [0.1, 0.15) is 79.1 Å². The van der Waals surface area contributed by atoms with Crippen LogP contribution in [0.25, 0.3) is 0 Å². The first-order valence-corrected chi connectivity index (χ1v) is 9.00. The summed E-state index contributed by atoms with van der Waals surface area (Å²) in [5.74, 6) is 0.842. The molecule has 2 heteroatoms. The van der Waals surface area contributed by atoms with E-state index in [-0.39, 0.29) is 0 Å². The van der Waals surface area contributed by atoms with Crippen molar-refractivity contribution < 1.29 is 0 Å². The summed E-state index contributed by atoms with van der Waals surface area (Å²) in [5.41, 5.74) is 0.824. The zero-order chi connectivity index (χ0) is 14.6. The molecule has 20 heavy (non-hydrogen) atoms. The second-order valence-corrected chi connectivity index (χ2v) is 8.00. The monoisotopic (exact) mass is 280 g/mol. The molecule has 2 aliphatic rings. The molecule has 0 aromatic heterocycles. The summed E-state index contributed by atoms with van der Waals surface area (Å²) < 4.78 is 0. The van der Waals surface area contributed by atoms with Crippen LogP contribution in [0.2, 0.25) is 0 Å². The maximum Gasteiger partial charge on any atom is 0.0309 e. The van der Waals surface area contributed by atoms with E-state index >= 15 is 0 Å². The van der Waals surface area contributed by atoms with Crippen LogP contribution in [-0.2, 0) is 0 Å². The Bertz CT molecular complexity index is 294. The highest BCUT2D eigenvalue weighted by Gasteiger charge is 2.44. The van der Waals surface area contributed by atoms with Crippen molar-refractivity contribution in [3.05, 3.63) is 0 Å². The zero-order valence-electron chi connectivity index (χ0n) is 14.3. The first-order valence-electron chi connectivity index (χ1n) is 9.00. The van der Waals surface area contributed by atoms with Gasteiger partial charge in [0.1, 0.15) is 0 Å². The molecule has 2 rings (SSSR count). The van der Waals surface area contributed by atoms with Gasteiger partial charge in [-0.2, -0.15) is 0 Å². The molecular formula is C18H36N2. The highest BCUT2D eigenvalue weighted by atomic mass is 15.3. The fraction of sp³-hybridized carbons (Fsp3) is 1.00. The molecule has 0 aromatic rings. The van der Waals surface area contributed by atoms with Gasteiger partial charge in [0.2, 0.25) is 0 Å². The van der Waals surface area contributed by atoms with Gasteiger partial charge in [-0.25, -0.2) is 0 Å². The van der Waals surface area contributed by atoms with Crippen molar-refractivity contribution in [2.75, 3.05) is 19.6 Å². The van der Waals surface area contributed by atoms with Gasteiger partial charge < -0.3 is 5.32 Å². The van der Waals surface area contributed by atoms with Gasteiger partial charge in [-0.3, -0.25) is 4.90 Å². The van der Waals surface area contributed by atoms with Crippen LogP contribution in [0.4, 0.5) is 0 Å². The number of piperazine rings is 1. The molecule has 1 heterocycles. The summed E-state index contributed by atoms with van der Waals surface area (Å²) in [6, 6.07) is 0. The fourth-order valence-electron chi connectivity index (χ4n) is 4.05. The van der Waals surface area contributed by atoms with Gasteiger partial charge >= 0.3 is 0 Å². The summed E-state index contributed by atoms with van der Waals surface area (Å²) in [5, 5.41) is 3.96. The van der Waals surface area contributed by atoms with E-state index in [1.807, 2.05) is 0 Å². The number of rotatable bonds is 5. The molecule has 0 radical (unpaired) electrons. The van der Waals surface area contributed by atoms with Gasteiger partial charge in [-0.05, 0) is 51.5 Å². The van der Waals surface area contributed by atoms with Crippen molar-refractivity contribution in [1.29, 1.82) is 0 Å². The van der Waals surface area contributed by atoms with E-state index in [2.05, 4.69) is 37.9 Å². The van der Waals surface area contributed by atoms with E-state index in [0.29, 0.717) is 11.1 Å². The molecule has 2 fully saturated rings. The van der Waals surface area contributed by atoms with E-state index in [1.165, 1.54) is 71.0 Å². The quantitative estimate of drug-likeness (QED) is 0.812. The highest BCUT2D eigenvalue weighted by molar-refractivity contribution is 5.04. The van der Waals surface area contributed by atoms with Crippen molar-refractivity contribution >= 4 is 0 Å². The Morgan fingerprint density at radius 3 is 2.45 bits per heavy atom. The largest absolute Gasteiger partial charge is 0.308 e. The molecule has 0 aromatic carbocycles. The molecule has 118 valence electrons. The van der Waals surface area contributed by atoms with Crippen molar-refractivity contribution in [2.24, 2.45) is 5.92 Å². The Morgan fingerprint density at radius 1 is 1.15 bits per heavy atom. The molecule has 1 aliphatic carbocycles. The standard InChI is InChI=1S/C18H36N2/c1-5-17(4)14-19-18(11-7-6-8-12-18)15-20(17)13-9-10-16(2)3/h16,19H,5-15H2,1-4H3. The molecule has 1 unspecified atom stereocenters. The van der Waals surface area contributed by atoms with E-state index in [9.17, 15) is 0 Å². The van der Waals surface area contributed by atoms with Crippen molar-refractivity contribution in [3.8, 4) is 0 Å². The van der Waals surface area contributed by atoms with Crippen molar-refractivity contribution in [2.45, 2.75) is 90.1 Å². The lowest BCUT2D eigenvalue weighted by atomic mass is 9.77. The summed E-state index contributed by atoms with van der Waals surface area (Å²) in [6.07, 6.45) is 11.1. The number of nitrogens with one attached hydrogen (secondary N) is 1. The molecule has 1 aliphatic heterocycles. The first kappa shape index (κ1) is 16.3. The van der Waals surface area contributed by atoms with E-state index in [0.717, 1.165) is 5.92 Å². The Kier molecular flexibility index (Phi) is 5.53. The van der Waals surface area contributed by atoms with Crippen LogP contribution in [0, 0.1) is 5.92 Å². The second-order valence-electron chi connectivity index (χ2n) is 8.00. The molecular weight excluding hydrogens is 244 g/mol. The minimum Gasteiger partial charge on any atom is -0.308 e. The number of hydrogen-bond acceptors (Lipinski definition) is 2. The summed E-state index contributed by atoms with van der Waals surface area (Å²) in [7, 11) is 0. The summed E-state index contributed by atoms with van der Waals surface area (Å²) in [4.78, 5) is 2.83. The second kappa shape index (κ2) is 6.79. The zero-order valence-corrected chi connectivity index (χ0v) is 14.3. The normalized spacial score (nSPS) is 31.1. The summed E-state index contributed by atoms with van der Waals surface area (Å²) >= 11 is 0. The van der Waals surface area contributed by atoms with Crippen LogP contribution >= 0.6 is 0 Å². The highest BCUT2D eigenvalue weighted by Crippen LogP contribution is 2.35. The van der Waals surface area contributed by atoms with Gasteiger partial charge in [0.15, 0.2) is 0 Å². The van der Waals surface area contributed by atoms with Crippen molar-refractivity contribution in [1.82, 2.24) is 10.2 Å². The average molecular weight is 280 g/mol. The minimum atomic E-state index is 0.375. The van der Waals surface area contributed by atoms with E-state index in [4.69, 9.17) is 0 Å². The predicted molar refractivity (Wildman–Crippen MR) is 88.2 cm³/mol. The lowest BCUT2D eigenvalue weighted by Gasteiger charge is -2.54. The SMILES string of the molecule is CCC1(C)CNC2(CCCCC2)CN1CCCC(C)C. The van der Waals surface area contributed by atoms with Crippen LogP contribution < -0.4 is 5.32 Å². The van der Waals surface area contributed by atoms with Crippen LogP contribution in [0.15, 0.2) is 0 Å². The molecule has 1 saturated carbocycles. The Hall–Kier alpha value is -0.0800. The van der Waals surface area contributed by atoms with Gasteiger partial charge in [0.25, 0.3) is 0 Å². The number of hydrogen-bond donors (Lipinski definition) is 1. The third-order valence-electron chi connectivity index (χ3n) is 5.88. The van der Waals surface area contributed by atoms with Gasteiger partial charge in [0.05, 0.1) is 0 Å². The maximum absolute atomic E-state index is 3.96. The smallest absolute Gasteiger partial charge is 0.0309 e. The molecule has 1 spiro atoms. The van der Waals surface area contributed by atoms with E-state index in [1.54, 1.807) is 0 Å². The van der Waals surface area contributed by atoms with Gasteiger partial charge in [-0.15, -0.1) is 0 Å². The Morgan fingerprint density at radius 2 is 1.85 bits per heavy atom. The van der Waals surface area contributed by atoms with E-state index < -0.39 is 0 Å². The van der Waals surface area contributed by atoms with Crippen LogP contribution in [0.5, 0.6) is 0 Å². The Balaban J connectivity index is 1.98. The van der Waals surface area contributed by atoms with Crippen LogP contribution in [0.3, 0.4) is 0 Å². The predicted octanol–water partition coefficient (Wildman–Crippen LogP) is 4.20. The maximum atomic E-state index is 3.96. The molecule has 1 saturated heterocycles. The molecule has 2 nitrogen and oxygen atoms in total. The molecule has 0 bridgehead atoms. The first-order chi connectivity index (χ1) is 9.50. The Labute approximate surface area is 126 Å². The molecule has 0 amide bonds. The van der Waals surface area contributed by atoms with Gasteiger partial charge in [0, 0.05) is 24.2 Å². The topological polar surface area (TPSA) is 15.3 Å². The fourth-order valence-corrected chi connectivity index (χ4v) is 4.05. The van der Waals surface area contributed by atoms with Crippen molar-refractivity contribution in [3.63, 3.8) is 0 Å².